The van der Waals surface area contributed by atoms with E-state index >= 15 is 0 Å². The van der Waals surface area contributed by atoms with Gasteiger partial charge in [0.25, 0.3) is 0 Å². The summed E-state index contributed by atoms with van der Waals surface area (Å²) in [7, 11) is 0. The summed E-state index contributed by atoms with van der Waals surface area (Å²) in [5.74, 6) is 0.394. The van der Waals surface area contributed by atoms with E-state index in [1.807, 2.05) is 0 Å². The molecule has 2 heteroatoms. The zero-order valence-electron chi connectivity index (χ0n) is 10.1. The summed E-state index contributed by atoms with van der Waals surface area (Å²) in [5.41, 5.74) is 0. The lowest BCUT2D eigenvalue weighted by atomic mass is 10.1. The van der Waals surface area contributed by atoms with E-state index in [0.29, 0.717) is 5.91 Å². The molecule has 1 rings (SSSR count). The lowest BCUT2D eigenvalue weighted by Gasteiger charge is -2.24. The molecule has 0 bridgehead atoms. The highest BCUT2D eigenvalue weighted by Crippen LogP contribution is 2.12. The van der Waals surface area contributed by atoms with E-state index in [0.717, 1.165) is 25.9 Å². The largest absolute Gasteiger partial charge is 0.343 e. The second kappa shape index (κ2) is 7.72. The second-order valence-electron chi connectivity index (χ2n) is 4.61. The van der Waals surface area contributed by atoms with Gasteiger partial charge in [0, 0.05) is 19.5 Å². The zero-order valence-corrected chi connectivity index (χ0v) is 10.1. The molecule has 1 fully saturated rings. The standard InChI is InChI=1S/C13H25NO/c1-2-3-7-10-13(15)14-11-8-5-4-6-9-12-14/h2-12H2,1H3. The molecule has 15 heavy (non-hydrogen) atoms. The monoisotopic (exact) mass is 211 g/mol. The summed E-state index contributed by atoms with van der Waals surface area (Å²) in [6.07, 6.45) is 10.6. The molecule has 0 saturated carbocycles. The van der Waals surface area contributed by atoms with Crippen LogP contribution in [0.25, 0.3) is 0 Å². The molecule has 1 amide bonds. The molecule has 0 unspecified atom stereocenters. The van der Waals surface area contributed by atoms with Gasteiger partial charge in [-0.15, -0.1) is 0 Å². The molecule has 0 N–H and O–H groups in total. The quantitative estimate of drug-likeness (QED) is 0.653. The number of carbonyl (C=O) groups excluding carboxylic acids is 1. The van der Waals surface area contributed by atoms with Crippen molar-refractivity contribution in [3.8, 4) is 0 Å². The molecule has 0 aromatic heterocycles. The topological polar surface area (TPSA) is 20.3 Å². The average molecular weight is 211 g/mol. The summed E-state index contributed by atoms with van der Waals surface area (Å²) in [6, 6.07) is 0. The van der Waals surface area contributed by atoms with Crippen LogP contribution in [-0.4, -0.2) is 23.9 Å². The molecule has 1 aliphatic rings. The fourth-order valence-corrected chi connectivity index (χ4v) is 2.18. The number of hydrogen-bond acceptors (Lipinski definition) is 1. The van der Waals surface area contributed by atoms with Gasteiger partial charge in [-0.2, -0.15) is 0 Å². The number of hydrogen-bond donors (Lipinski definition) is 0. The van der Waals surface area contributed by atoms with Crippen LogP contribution < -0.4 is 0 Å². The lowest BCUT2D eigenvalue weighted by Crippen LogP contribution is -2.33. The Kier molecular flexibility index (Phi) is 6.45. The lowest BCUT2D eigenvalue weighted by molar-refractivity contribution is -0.131. The summed E-state index contributed by atoms with van der Waals surface area (Å²) < 4.78 is 0. The van der Waals surface area contributed by atoms with Crippen molar-refractivity contribution in [1.82, 2.24) is 4.90 Å². The summed E-state index contributed by atoms with van der Waals surface area (Å²) in [5, 5.41) is 0. The average Bonchev–Trinajstić information content (AvgIpc) is 2.17. The molecule has 1 aliphatic heterocycles. The fraction of sp³-hybridized carbons (Fsp3) is 0.923. The minimum atomic E-state index is 0.394. The van der Waals surface area contributed by atoms with Gasteiger partial charge < -0.3 is 4.90 Å². The number of carbonyl (C=O) groups is 1. The highest BCUT2D eigenvalue weighted by Gasteiger charge is 2.13. The van der Waals surface area contributed by atoms with Crippen molar-refractivity contribution in [2.24, 2.45) is 0 Å². The van der Waals surface area contributed by atoms with Crippen LogP contribution in [0, 0.1) is 0 Å². The van der Waals surface area contributed by atoms with E-state index in [2.05, 4.69) is 11.8 Å². The number of amides is 1. The van der Waals surface area contributed by atoms with Crippen molar-refractivity contribution >= 4 is 5.91 Å². The molecule has 88 valence electrons. The number of nitrogens with zero attached hydrogens (tertiary/aromatic N) is 1. The predicted octanol–water partition coefficient (Wildman–Crippen LogP) is 3.36. The highest BCUT2D eigenvalue weighted by molar-refractivity contribution is 5.76. The van der Waals surface area contributed by atoms with Crippen LogP contribution in [0.3, 0.4) is 0 Å². The summed E-state index contributed by atoms with van der Waals surface area (Å²) in [6.45, 7) is 4.19. The molecular formula is C13H25NO. The van der Waals surface area contributed by atoms with Crippen LogP contribution in [0.1, 0.15) is 64.7 Å². The van der Waals surface area contributed by atoms with Crippen LogP contribution in [-0.2, 0) is 4.79 Å². The van der Waals surface area contributed by atoms with Crippen molar-refractivity contribution in [2.75, 3.05) is 13.1 Å². The molecule has 0 aliphatic carbocycles. The van der Waals surface area contributed by atoms with Crippen LogP contribution in [0.2, 0.25) is 0 Å². The number of unbranched alkanes of at least 4 members (excludes halogenated alkanes) is 2. The fourth-order valence-electron chi connectivity index (χ4n) is 2.18. The van der Waals surface area contributed by atoms with E-state index in [9.17, 15) is 4.79 Å². The Bertz CT molecular complexity index is 171. The predicted molar refractivity (Wildman–Crippen MR) is 63.8 cm³/mol. The summed E-state index contributed by atoms with van der Waals surface area (Å²) in [4.78, 5) is 14.0. The Labute approximate surface area is 94.0 Å². The van der Waals surface area contributed by atoms with Gasteiger partial charge in [-0.25, -0.2) is 0 Å². The van der Waals surface area contributed by atoms with Crippen LogP contribution >= 0.6 is 0 Å². The van der Waals surface area contributed by atoms with Gasteiger partial charge in [0.05, 0.1) is 0 Å². The molecule has 0 aromatic rings. The highest BCUT2D eigenvalue weighted by atomic mass is 16.2. The minimum absolute atomic E-state index is 0.394. The first kappa shape index (κ1) is 12.5. The molecule has 0 spiro atoms. The van der Waals surface area contributed by atoms with Gasteiger partial charge >= 0.3 is 0 Å². The molecule has 1 heterocycles. The first-order valence-corrected chi connectivity index (χ1v) is 6.62. The van der Waals surface area contributed by atoms with Gasteiger partial charge in [-0.05, 0) is 19.3 Å². The molecule has 0 atom stereocenters. The molecule has 0 radical (unpaired) electrons. The van der Waals surface area contributed by atoms with Crippen LogP contribution in [0.4, 0.5) is 0 Å². The van der Waals surface area contributed by atoms with Crippen molar-refractivity contribution in [2.45, 2.75) is 64.7 Å². The smallest absolute Gasteiger partial charge is 0.222 e. The molecule has 0 aromatic carbocycles. The maximum absolute atomic E-state index is 11.9. The maximum atomic E-state index is 11.9. The van der Waals surface area contributed by atoms with Crippen LogP contribution in [0.15, 0.2) is 0 Å². The maximum Gasteiger partial charge on any atom is 0.222 e. The normalized spacial score (nSPS) is 18.3. The Morgan fingerprint density at radius 2 is 1.60 bits per heavy atom. The van der Waals surface area contributed by atoms with Crippen molar-refractivity contribution in [3.05, 3.63) is 0 Å². The third kappa shape index (κ3) is 5.19. The van der Waals surface area contributed by atoms with Gasteiger partial charge in [-0.1, -0.05) is 39.0 Å². The van der Waals surface area contributed by atoms with Gasteiger partial charge in [-0.3, -0.25) is 4.79 Å². The van der Waals surface area contributed by atoms with Gasteiger partial charge in [0.1, 0.15) is 0 Å². The summed E-state index contributed by atoms with van der Waals surface area (Å²) >= 11 is 0. The molecular weight excluding hydrogens is 186 g/mol. The van der Waals surface area contributed by atoms with E-state index < -0.39 is 0 Å². The van der Waals surface area contributed by atoms with Crippen molar-refractivity contribution in [3.63, 3.8) is 0 Å². The van der Waals surface area contributed by atoms with Crippen LogP contribution in [0.5, 0.6) is 0 Å². The Morgan fingerprint density at radius 1 is 1.00 bits per heavy atom. The SMILES string of the molecule is CCCCCC(=O)N1CCCCCCC1. The minimum Gasteiger partial charge on any atom is -0.343 e. The Balaban J connectivity index is 2.22. The second-order valence-corrected chi connectivity index (χ2v) is 4.61. The molecule has 1 saturated heterocycles. The Hall–Kier alpha value is -0.530. The first-order chi connectivity index (χ1) is 7.34. The van der Waals surface area contributed by atoms with Gasteiger partial charge in [0.15, 0.2) is 0 Å². The first-order valence-electron chi connectivity index (χ1n) is 6.62. The number of rotatable bonds is 4. The van der Waals surface area contributed by atoms with E-state index in [1.165, 1.54) is 44.9 Å². The van der Waals surface area contributed by atoms with Crippen molar-refractivity contribution < 1.29 is 4.79 Å². The van der Waals surface area contributed by atoms with E-state index in [4.69, 9.17) is 0 Å². The Morgan fingerprint density at radius 3 is 2.20 bits per heavy atom. The molecule has 2 nitrogen and oxygen atoms in total. The third-order valence-electron chi connectivity index (χ3n) is 3.20. The zero-order chi connectivity index (χ0) is 10.9. The number of likely N-dealkylation sites (tertiary alicyclic amines) is 1. The third-order valence-corrected chi connectivity index (χ3v) is 3.20. The van der Waals surface area contributed by atoms with E-state index in [-0.39, 0.29) is 0 Å². The van der Waals surface area contributed by atoms with Crippen molar-refractivity contribution in [1.29, 1.82) is 0 Å². The van der Waals surface area contributed by atoms with E-state index in [1.54, 1.807) is 0 Å². The van der Waals surface area contributed by atoms with Gasteiger partial charge in [0.2, 0.25) is 5.91 Å².